The Morgan fingerprint density at radius 1 is 0.692 bits per heavy atom. The Hall–Kier alpha value is -4.13. The van der Waals surface area contributed by atoms with Gasteiger partial charge in [-0.15, -0.1) is 0 Å². The van der Waals surface area contributed by atoms with Crippen LogP contribution in [0.5, 0.6) is 0 Å². The number of morpholine rings is 1. The molecular formula is C40H57N5O7. The van der Waals surface area contributed by atoms with E-state index in [4.69, 9.17) is 9.47 Å². The summed E-state index contributed by atoms with van der Waals surface area (Å²) in [6.07, 6.45) is 1.76. The first-order valence-electron chi connectivity index (χ1n) is 18.6. The van der Waals surface area contributed by atoms with Crippen molar-refractivity contribution >= 4 is 29.4 Å². The van der Waals surface area contributed by atoms with Gasteiger partial charge in [0.2, 0.25) is 23.6 Å². The topological polar surface area (TPSA) is 158 Å². The summed E-state index contributed by atoms with van der Waals surface area (Å²) in [7, 11) is 0. The Kier molecular flexibility index (Phi) is 15.3. The van der Waals surface area contributed by atoms with Crippen molar-refractivity contribution in [3.05, 3.63) is 71.8 Å². The van der Waals surface area contributed by atoms with Crippen LogP contribution >= 0.6 is 0 Å². The highest BCUT2D eigenvalue weighted by Crippen LogP contribution is 2.29. The summed E-state index contributed by atoms with van der Waals surface area (Å²) >= 11 is 0. The molecule has 5 atom stereocenters. The molecule has 4 rings (SSSR count). The van der Waals surface area contributed by atoms with E-state index < -0.39 is 47.5 Å². The first-order chi connectivity index (χ1) is 24.8. The number of carbonyl (C=O) groups is 5. The zero-order valence-electron chi connectivity index (χ0n) is 31.3. The van der Waals surface area contributed by atoms with Gasteiger partial charge in [0.1, 0.15) is 23.7 Å². The Balaban J connectivity index is 1.51. The van der Waals surface area contributed by atoms with Crippen LogP contribution in [0.3, 0.4) is 0 Å². The van der Waals surface area contributed by atoms with Crippen molar-refractivity contribution in [2.75, 3.05) is 39.5 Å². The van der Waals surface area contributed by atoms with E-state index in [2.05, 4.69) is 21.3 Å². The van der Waals surface area contributed by atoms with Gasteiger partial charge < -0.3 is 30.7 Å². The number of ketones is 1. The highest BCUT2D eigenvalue weighted by molar-refractivity contribution is 5.98. The highest BCUT2D eigenvalue weighted by Gasteiger charge is 2.50. The van der Waals surface area contributed by atoms with E-state index in [1.54, 1.807) is 6.92 Å². The monoisotopic (exact) mass is 719 g/mol. The molecule has 12 nitrogen and oxygen atoms in total. The molecule has 2 aliphatic heterocycles. The van der Waals surface area contributed by atoms with Gasteiger partial charge in [0.25, 0.3) is 0 Å². The molecule has 2 aromatic rings. The minimum Gasteiger partial charge on any atom is -0.379 e. The molecule has 0 aliphatic carbocycles. The molecular weight excluding hydrogens is 662 g/mol. The number of rotatable bonds is 20. The Morgan fingerprint density at radius 3 is 1.77 bits per heavy atom. The van der Waals surface area contributed by atoms with E-state index >= 15 is 0 Å². The maximum Gasteiger partial charge on any atom is 0.243 e. The van der Waals surface area contributed by atoms with Gasteiger partial charge in [-0.25, -0.2) is 0 Å². The smallest absolute Gasteiger partial charge is 0.243 e. The summed E-state index contributed by atoms with van der Waals surface area (Å²) in [4.78, 5) is 70.5. The number of ether oxygens (including phenoxy) is 2. The molecule has 2 saturated heterocycles. The van der Waals surface area contributed by atoms with Crippen molar-refractivity contribution in [1.82, 2.24) is 26.2 Å². The van der Waals surface area contributed by atoms with Crippen LogP contribution < -0.4 is 21.3 Å². The largest absolute Gasteiger partial charge is 0.379 e. The standard InChI is InChI=1S/C40H57N5O7/c1-27(2)22-32(36(47)40(5)26-52-40)42-39(50)34(24-30-14-10-7-11-15-30)44-38(49)33(23-28(3)4)43-37(48)31(17-16-29-12-8-6-9-13-29)41-35(46)25-45-18-20-51-21-19-45/h6-15,27-28,31-34H,16-26H2,1-5H3,(H,41,46)(H,42,50)(H,43,48)(H,44,49)/t31-,32?,33-,34-,40+/m0/s1. The third-order valence-electron chi connectivity index (χ3n) is 9.38. The third-order valence-corrected chi connectivity index (χ3v) is 9.38. The van der Waals surface area contributed by atoms with Crippen LogP contribution in [0, 0.1) is 11.8 Å². The number of Topliss-reactive ketones (excluding diaryl/α,β-unsaturated/α-hetero) is 1. The van der Waals surface area contributed by atoms with Crippen LogP contribution in [0.2, 0.25) is 0 Å². The van der Waals surface area contributed by atoms with Crippen molar-refractivity contribution in [1.29, 1.82) is 0 Å². The predicted octanol–water partition coefficient (Wildman–Crippen LogP) is 2.58. The van der Waals surface area contributed by atoms with Crippen LogP contribution in [-0.2, 0) is 46.3 Å². The van der Waals surface area contributed by atoms with E-state index in [1.165, 1.54) is 0 Å². The van der Waals surface area contributed by atoms with Crippen molar-refractivity contribution in [3.63, 3.8) is 0 Å². The van der Waals surface area contributed by atoms with Gasteiger partial charge in [-0.1, -0.05) is 88.4 Å². The molecule has 2 fully saturated rings. The highest BCUT2D eigenvalue weighted by atomic mass is 16.6. The van der Waals surface area contributed by atoms with Crippen LogP contribution in [0.4, 0.5) is 0 Å². The van der Waals surface area contributed by atoms with E-state index in [1.807, 2.05) is 93.3 Å². The van der Waals surface area contributed by atoms with Gasteiger partial charge in [0.15, 0.2) is 5.78 Å². The molecule has 12 heteroatoms. The number of nitrogens with zero attached hydrogens (tertiary/aromatic N) is 1. The van der Waals surface area contributed by atoms with Crippen molar-refractivity contribution in [2.45, 2.75) is 96.5 Å². The van der Waals surface area contributed by atoms with E-state index in [9.17, 15) is 24.0 Å². The van der Waals surface area contributed by atoms with Crippen molar-refractivity contribution in [2.24, 2.45) is 11.8 Å². The first-order valence-corrected chi connectivity index (χ1v) is 18.6. The maximum absolute atomic E-state index is 14.1. The van der Waals surface area contributed by atoms with Crippen molar-refractivity contribution < 1.29 is 33.4 Å². The second-order valence-corrected chi connectivity index (χ2v) is 15.0. The lowest BCUT2D eigenvalue weighted by Gasteiger charge is -2.29. The summed E-state index contributed by atoms with van der Waals surface area (Å²) in [5.41, 5.74) is 0.915. The van der Waals surface area contributed by atoms with Gasteiger partial charge in [-0.3, -0.25) is 28.9 Å². The number of epoxide rings is 1. The average molecular weight is 720 g/mol. The minimum absolute atomic E-state index is 0.0171. The quantitative estimate of drug-likeness (QED) is 0.152. The number of hydrogen-bond acceptors (Lipinski definition) is 8. The molecule has 2 aromatic carbocycles. The Labute approximate surface area is 308 Å². The maximum atomic E-state index is 14.1. The molecule has 2 heterocycles. The molecule has 4 N–H and O–H groups in total. The van der Waals surface area contributed by atoms with Crippen LogP contribution in [0.25, 0.3) is 0 Å². The Bertz CT molecular complexity index is 1480. The fraction of sp³-hybridized carbons (Fsp3) is 0.575. The number of nitrogens with one attached hydrogen (secondary N) is 4. The number of benzene rings is 2. The molecule has 0 saturated carbocycles. The van der Waals surface area contributed by atoms with E-state index in [0.717, 1.165) is 11.1 Å². The lowest BCUT2D eigenvalue weighted by Crippen LogP contribution is -2.59. The minimum atomic E-state index is -1.03. The fourth-order valence-electron chi connectivity index (χ4n) is 6.33. The normalized spacial score (nSPS) is 19.6. The SMILES string of the molecule is CC(C)CC(NC(=O)[C@H](Cc1ccccc1)NC(=O)[C@H](CC(C)C)NC(=O)[C@H](CCc1ccccc1)NC(=O)CN1CCOCC1)C(=O)[C@@]1(C)CO1. The van der Waals surface area contributed by atoms with Crippen LogP contribution in [-0.4, -0.2) is 104 Å². The summed E-state index contributed by atoms with van der Waals surface area (Å²) in [6.45, 7) is 12.3. The number of amides is 4. The van der Waals surface area contributed by atoms with E-state index in [-0.39, 0.29) is 36.5 Å². The zero-order chi connectivity index (χ0) is 37.7. The molecule has 0 spiro atoms. The average Bonchev–Trinajstić information content (AvgIpc) is 3.87. The van der Waals surface area contributed by atoms with Crippen LogP contribution in [0.15, 0.2) is 60.7 Å². The number of hydrogen-bond donors (Lipinski definition) is 4. The number of carbonyl (C=O) groups excluding carboxylic acids is 5. The molecule has 0 radical (unpaired) electrons. The second-order valence-electron chi connectivity index (χ2n) is 15.0. The zero-order valence-corrected chi connectivity index (χ0v) is 31.3. The predicted molar refractivity (Wildman–Crippen MR) is 198 cm³/mol. The summed E-state index contributed by atoms with van der Waals surface area (Å²) in [5.74, 6) is -1.83. The van der Waals surface area contributed by atoms with Gasteiger partial charge in [0, 0.05) is 19.5 Å². The van der Waals surface area contributed by atoms with Gasteiger partial charge >= 0.3 is 0 Å². The van der Waals surface area contributed by atoms with Crippen LogP contribution in [0.1, 0.15) is 65.0 Å². The molecule has 4 amide bonds. The molecule has 0 aromatic heterocycles. The lowest BCUT2D eigenvalue weighted by atomic mass is 9.93. The second kappa shape index (κ2) is 19.6. The summed E-state index contributed by atoms with van der Waals surface area (Å²) < 4.78 is 10.8. The molecule has 284 valence electrons. The fourth-order valence-corrected chi connectivity index (χ4v) is 6.33. The van der Waals surface area contributed by atoms with Crippen molar-refractivity contribution in [3.8, 4) is 0 Å². The van der Waals surface area contributed by atoms with Gasteiger partial charge in [-0.05, 0) is 55.6 Å². The van der Waals surface area contributed by atoms with E-state index in [0.29, 0.717) is 58.6 Å². The molecule has 1 unspecified atom stereocenters. The van der Waals surface area contributed by atoms with Gasteiger partial charge in [-0.2, -0.15) is 0 Å². The Morgan fingerprint density at radius 2 is 1.19 bits per heavy atom. The van der Waals surface area contributed by atoms with Gasteiger partial charge in [0.05, 0.1) is 32.4 Å². The molecule has 52 heavy (non-hydrogen) atoms. The lowest BCUT2D eigenvalue weighted by molar-refractivity contribution is -0.135. The molecule has 2 aliphatic rings. The third kappa shape index (κ3) is 13.1. The first kappa shape index (κ1) is 40.6. The molecule has 0 bridgehead atoms. The summed E-state index contributed by atoms with van der Waals surface area (Å²) in [6, 6.07) is 15.3. The summed E-state index contributed by atoms with van der Waals surface area (Å²) in [5, 5.41) is 11.7. The number of aryl methyl sites for hydroxylation is 1.